The molecule has 1 aliphatic heterocycles. The summed E-state index contributed by atoms with van der Waals surface area (Å²) >= 11 is 0. The maximum absolute atomic E-state index is 13.1. The zero-order valence-electron chi connectivity index (χ0n) is 20.3. The van der Waals surface area contributed by atoms with E-state index in [0.717, 1.165) is 51.6 Å². The van der Waals surface area contributed by atoms with Gasteiger partial charge in [0.1, 0.15) is 5.75 Å². The Balaban J connectivity index is 1.39. The SMILES string of the molecule is C[C@H]1[C@@H]2[C@@H](O)[C@H]([C@H](C)C(=O)N3CCCC3)CC[C@@]2(C)CC[C@@H]1NC(=O)COc1ccccc1. The predicted octanol–water partition coefficient (Wildman–Crippen LogP) is 3.63. The van der Waals surface area contributed by atoms with Gasteiger partial charge in [0, 0.05) is 25.0 Å². The minimum atomic E-state index is -0.527. The molecule has 1 heterocycles. The average Bonchev–Trinajstić information content (AvgIpc) is 3.35. The lowest BCUT2D eigenvalue weighted by Gasteiger charge is -2.56. The van der Waals surface area contributed by atoms with Crippen LogP contribution in [0.5, 0.6) is 5.75 Å². The number of likely N-dealkylation sites (tertiary alicyclic amines) is 1. The number of hydrogen-bond donors (Lipinski definition) is 2. The number of carbonyl (C=O) groups is 2. The number of amides is 2. The van der Waals surface area contributed by atoms with Gasteiger partial charge in [-0.25, -0.2) is 0 Å². The maximum atomic E-state index is 13.1. The summed E-state index contributed by atoms with van der Waals surface area (Å²) in [4.78, 5) is 27.6. The lowest BCUT2D eigenvalue weighted by molar-refractivity contribution is -0.150. The molecular weight excluding hydrogens is 416 g/mol. The Morgan fingerprint density at radius 3 is 2.55 bits per heavy atom. The first kappa shape index (κ1) is 24.1. The Morgan fingerprint density at radius 2 is 1.85 bits per heavy atom. The normalized spacial score (nSPS) is 34.9. The van der Waals surface area contributed by atoms with Gasteiger partial charge in [0.2, 0.25) is 5.91 Å². The summed E-state index contributed by atoms with van der Waals surface area (Å²) in [6.45, 7) is 8.14. The van der Waals surface area contributed by atoms with E-state index in [4.69, 9.17) is 4.74 Å². The molecule has 4 rings (SSSR count). The molecule has 2 saturated carbocycles. The molecule has 2 aliphatic carbocycles. The van der Waals surface area contributed by atoms with E-state index in [1.54, 1.807) is 0 Å². The number of aliphatic hydroxyl groups is 1. The smallest absolute Gasteiger partial charge is 0.258 e. The van der Waals surface area contributed by atoms with Crippen LogP contribution in [-0.2, 0) is 9.59 Å². The third-order valence-electron chi connectivity index (χ3n) is 8.80. The van der Waals surface area contributed by atoms with Crippen molar-refractivity contribution in [1.82, 2.24) is 10.2 Å². The third kappa shape index (κ3) is 5.06. The van der Waals surface area contributed by atoms with E-state index in [2.05, 4.69) is 19.2 Å². The number of carbonyl (C=O) groups excluding carboxylic acids is 2. The first-order chi connectivity index (χ1) is 15.8. The van der Waals surface area contributed by atoms with E-state index in [9.17, 15) is 14.7 Å². The molecule has 0 aromatic heterocycles. The molecule has 33 heavy (non-hydrogen) atoms. The molecule has 0 spiro atoms. The van der Waals surface area contributed by atoms with Crippen molar-refractivity contribution in [3.63, 3.8) is 0 Å². The van der Waals surface area contributed by atoms with Gasteiger partial charge in [-0.15, -0.1) is 0 Å². The third-order valence-corrected chi connectivity index (χ3v) is 8.80. The molecule has 0 bridgehead atoms. The molecule has 0 unspecified atom stereocenters. The molecule has 0 radical (unpaired) electrons. The molecule has 6 nitrogen and oxygen atoms in total. The molecule has 182 valence electrons. The van der Waals surface area contributed by atoms with E-state index in [-0.39, 0.29) is 53.5 Å². The zero-order chi connectivity index (χ0) is 23.6. The summed E-state index contributed by atoms with van der Waals surface area (Å²) in [7, 11) is 0. The van der Waals surface area contributed by atoms with Crippen LogP contribution >= 0.6 is 0 Å². The van der Waals surface area contributed by atoms with Crippen molar-refractivity contribution >= 4 is 11.8 Å². The summed E-state index contributed by atoms with van der Waals surface area (Å²) in [5, 5.41) is 14.7. The highest BCUT2D eigenvalue weighted by Crippen LogP contribution is 2.55. The second-order valence-electron chi connectivity index (χ2n) is 10.9. The number of aliphatic hydroxyl groups excluding tert-OH is 1. The van der Waals surface area contributed by atoms with Gasteiger partial charge >= 0.3 is 0 Å². The van der Waals surface area contributed by atoms with Crippen LogP contribution < -0.4 is 10.1 Å². The highest BCUT2D eigenvalue weighted by atomic mass is 16.5. The predicted molar refractivity (Wildman–Crippen MR) is 128 cm³/mol. The Bertz CT molecular complexity index is 825. The van der Waals surface area contributed by atoms with Crippen molar-refractivity contribution in [3.05, 3.63) is 30.3 Å². The maximum Gasteiger partial charge on any atom is 0.258 e. The molecular formula is C27H40N2O4. The van der Waals surface area contributed by atoms with Gasteiger partial charge in [-0.1, -0.05) is 39.0 Å². The molecule has 2 amide bonds. The Kier molecular flexibility index (Phi) is 7.32. The van der Waals surface area contributed by atoms with Crippen molar-refractivity contribution in [1.29, 1.82) is 0 Å². The van der Waals surface area contributed by atoms with Crippen molar-refractivity contribution in [2.45, 2.75) is 71.4 Å². The van der Waals surface area contributed by atoms with Crippen LogP contribution in [0.4, 0.5) is 0 Å². The van der Waals surface area contributed by atoms with Gasteiger partial charge < -0.3 is 20.1 Å². The summed E-state index contributed by atoms with van der Waals surface area (Å²) in [6, 6.07) is 9.36. The number of nitrogens with one attached hydrogen (secondary N) is 1. The first-order valence-electron chi connectivity index (χ1n) is 12.7. The Hall–Kier alpha value is -2.08. The fraction of sp³-hybridized carbons (Fsp3) is 0.704. The summed E-state index contributed by atoms with van der Waals surface area (Å²) in [6.07, 6.45) is 5.44. The monoisotopic (exact) mass is 456 g/mol. The number of rotatable bonds is 6. The van der Waals surface area contributed by atoms with Crippen molar-refractivity contribution < 1.29 is 19.4 Å². The highest BCUT2D eigenvalue weighted by Gasteiger charge is 2.54. The summed E-state index contributed by atoms with van der Waals surface area (Å²) in [5.41, 5.74) is 0.0491. The highest BCUT2D eigenvalue weighted by molar-refractivity contribution is 5.79. The van der Waals surface area contributed by atoms with Gasteiger partial charge in [0.05, 0.1) is 6.10 Å². The average molecular weight is 457 g/mol. The molecule has 3 fully saturated rings. The number of ether oxygens (including phenoxy) is 1. The van der Waals surface area contributed by atoms with Crippen LogP contribution in [0.1, 0.15) is 59.3 Å². The van der Waals surface area contributed by atoms with Crippen LogP contribution in [0.2, 0.25) is 0 Å². The van der Waals surface area contributed by atoms with Gasteiger partial charge in [0.15, 0.2) is 6.61 Å². The number of benzene rings is 1. The standard InChI is InChI=1S/C27H40N2O4/c1-18(26(32)29-15-7-8-16-29)21-11-13-27(3)14-12-22(19(2)24(27)25(21)31)28-23(30)17-33-20-9-5-4-6-10-20/h4-6,9-10,18-19,21-22,24-25,31H,7-8,11-17H2,1-3H3,(H,28,30)/t18-,19+,21-,22-,24+,25-,27-/m0/s1. The minimum absolute atomic E-state index is 0.00735. The second kappa shape index (κ2) is 10.0. The molecule has 7 atom stereocenters. The number of fused-ring (bicyclic) bond motifs is 1. The number of nitrogens with zero attached hydrogens (tertiary/aromatic N) is 1. The van der Waals surface area contributed by atoms with E-state index >= 15 is 0 Å². The fourth-order valence-corrected chi connectivity index (χ4v) is 6.82. The van der Waals surface area contributed by atoms with E-state index in [0.29, 0.717) is 5.75 Å². The molecule has 3 aliphatic rings. The molecule has 1 aromatic carbocycles. The van der Waals surface area contributed by atoms with Gasteiger partial charge in [-0.2, -0.15) is 0 Å². The number of para-hydroxylation sites is 1. The molecule has 1 saturated heterocycles. The van der Waals surface area contributed by atoms with Crippen molar-refractivity contribution in [2.24, 2.45) is 29.1 Å². The van der Waals surface area contributed by atoms with E-state index < -0.39 is 6.10 Å². The zero-order valence-corrected chi connectivity index (χ0v) is 20.3. The first-order valence-corrected chi connectivity index (χ1v) is 12.7. The molecule has 2 N–H and O–H groups in total. The second-order valence-corrected chi connectivity index (χ2v) is 10.9. The lowest BCUT2D eigenvalue weighted by atomic mass is 9.51. The van der Waals surface area contributed by atoms with Gasteiger partial charge in [-0.05, 0) is 73.8 Å². The number of hydrogen-bond acceptors (Lipinski definition) is 4. The fourth-order valence-electron chi connectivity index (χ4n) is 6.82. The van der Waals surface area contributed by atoms with Crippen LogP contribution in [0.25, 0.3) is 0 Å². The van der Waals surface area contributed by atoms with Crippen LogP contribution in [0, 0.1) is 29.1 Å². The van der Waals surface area contributed by atoms with Crippen molar-refractivity contribution in [3.8, 4) is 5.75 Å². The van der Waals surface area contributed by atoms with Crippen molar-refractivity contribution in [2.75, 3.05) is 19.7 Å². The van der Waals surface area contributed by atoms with E-state index in [1.807, 2.05) is 42.2 Å². The van der Waals surface area contributed by atoms with Crippen LogP contribution in [-0.4, -0.2) is 53.7 Å². The minimum Gasteiger partial charge on any atom is -0.484 e. The van der Waals surface area contributed by atoms with E-state index in [1.165, 1.54) is 0 Å². The van der Waals surface area contributed by atoms with Gasteiger partial charge in [0.25, 0.3) is 5.91 Å². The Labute approximate surface area is 198 Å². The van der Waals surface area contributed by atoms with Gasteiger partial charge in [-0.3, -0.25) is 9.59 Å². The summed E-state index contributed by atoms with van der Waals surface area (Å²) in [5.74, 6) is 0.776. The lowest BCUT2D eigenvalue weighted by Crippen LogP contribution is -2.59. The van der Waals surface area contributed by atoms with Crippen LogP contribution in [0.15, 0.2) is 30.3 Å². The molecule has 6 heteroatoms. The molecule has 1 aromatic rings. The Morgan fingerprint density at radius 1 is 1.18 bits per heavy atom. The topological polar surface area (TPSA) is 78.9 Å². The quantitative estimate of drug-likeness (QED) is 0.685. The largest absolute Gasteiger partial charge is 0.484 e. The van der Waals surface area contributed by atoms with Crippen LogP contribution in [0.3, 0.4) is 0 Å². The summed E-state index contributed by atoms with van der Waals surface area (Å²) < 4.78 is 5.61.